The van der Waals surface area contributed by atoms with Crippen LogP contribution in [0.4, 0.5) is 0 Å². The number of rotatable bonds is 5. The van der Waals surface area contributed by atoms with Gasteiger partial charge in [-0.3, -0.25) is 9.78 Å². The van der Waals surface area contributed by atoms with Crippen molar-refractivity contribution in [3.8, 4) is 11.5 Å². The highest BCUT2D eigenvalue weighted by molar-refractivity contribution is 5.81. The molecule has 144 valence electrons. The number of nitrogens with zero attached hydrogens (tertiary/aromatic N) is 3. The summed E-state index contributed by atoms with van der Waals surface area (Å²) in [6, 6.07) is 3.53. The maximum atomic E-state index is 12.2. The minimum Gasteiger partial charge on any atom is -0.394 e. The molecule has 1 aromatic carbocycles. The van der Waals surface area contributed by atoms with E-state index in [1.54, 1.807) is 12.1 Å². The van der Waals surface area contributed by atoms with E-state index in [-0.39, 0.29) is 18.1 Å². The van der Waals surface area contributed by atoms with Crippen molar-refractivity contribution in [1.29, 1.82) is 0 Å². The van der Waals surface area contributed by atoms with Gasteiger partial charge < -0.3 is 25.0 Å². The van der Waals surface area contributed by atoms with Gasteiger partial charge in [-0.05, 0) is 37.1 Å². The number of fused-ring (bicyclic) bond motifs is 2. The lowest BCUT2D eigenvalue weighted by Crippen LogP contribution is -2.42. The van der Waals surface area contributed by atoms with Gasteiger partial charge in [-0.2, -0.15) is 4.98 Å². The third-order valence-electron chi connectivity index (χ3n) is 4.57. The predicted molar refractivity (Wildman–Crippen MR) is 95.6 cm³/mol. The average molecular weight is 376 g/mol. The summed E-state index contributed by atoms with van der Waals surface area (Å²) in [7, 11) is 0. The van der Waals surface area contributed by atoms with Crippen molar-refractivity contribution >= 4 is 11.0 Å². The summed E-state index contributed by atoms with van der Waals surface area (Å²) in [6.07, 6.45) is -4.68. The number of benzene rings is 1. The highest BCUT2D eigenvalue weighted by Crippen LogP contribution is 2.24. The molecule has 0 saturated heterocycles. The molecule has 1 aromatic rings. The van der Waals surface area contributed by atoms with Crippen LogP contribution in [0, 0.1) is 13.8 Å². The van der Waals surface area contributed by atoms with Gasteiger partial charge in [0, 0.05) is 0 Å². The van der Waals surface area contributed by atoms with Gasteiger partial charge in [0.2, 0.25) is 0 Å². The molecule has 2 aliphatic heterocycles. The van der Waals surface area contributed by atoms with E-state index in [1.807, 2.05) is 13.8 Å². The summed E-state index contributed by atoms with van der Waals surface area (Å²) < 4.78 is 1.40. The molecule has 0 fully saturated rings. The monoisotopic (exact) mass is 376 g/mol. The zero-order chi connectivity index (χ0) is 19.9. The molecule has 0 radical (unpaired) electrons. The Labute approximate surface area is 152 Å². The largest absolute Gasteiger partial charge is 0.394 e. The molecule has 2 aliphatic rings. The molecule has 0 amide bonds. The molecule has 2 heterocycles. The topological polar surface area (TPSA) is 162 Å². The summed E-state index contributed by atoms with van der Waals surface area (Å²) in [5, 5.41) is 38.8. The zero-order valence-corrected chi connectivity index (χ0v) is 14.7. The molecule has 27 heavy (non-hydrogen) atoms. The van der Waals surface area contributed by atoms with Crippen molar-refractivity contribution in [2.24, 2.45) is 0 Å². The fourth-order valence-electron chi connectivity index (χ4n) is 2.89. The molecule has 10 heteroatoms. The molecule has 0 unspecified atom stereocenters. The molecular weight excluding hydrogens is 356 g/mol. The van der Waals surface area contributed by atoms with Crippen molar-refractivity contribution in [1.82, 2.24) is 19.5 Å². The van der Waals surface area contributed by atoms with E-state index in [4.69, 9.17) is 5.11 Å². The lowest BCUT2D eigenvalue weighted by Gasteiger charge is -2.25. The van der Waals surface area contributed by atoms with E-state index in [1.165, 1.54) is 4.57 Å². The number of nitrogens with one attached hydrogen (secondary N) is 1. The van der Waals surface area contributed by atoms with E-state index < -0.39 is 36.2 Å². The lowest BCUT2D eigenvalue weighted by atomic mass is 10.1. The second-order valence-electron chi connectivity index (χ2n) is 6.50. The molecule has 3 rings (SSSR count). The van der Waals surface area contributed by atoms with E-state index >= 15 is 0 Å². The van der Waals surface area contributed by atoms with Crippen molar-refractivity contribution < 1.29 is 20.4 Å². The minimum atomic E-state index is -1.64. The molecule has 0 spiro atoms. The van der Waals surface area contributed by atoms with Crippen molar-refractivity contribution in [2.45, 2.75) is 38.7 Å². The molecule has 0 aromatic heterocycles. The van der Waals surface area contributed by atoms with Crippen LogP contribution in [0.5, 0.6) is 0 Å². The Bertz CT molecular complexity index is 1080. The van der Waals surface area contributed by atoms with Crippen LogP contribution in [-0.4, -0.2) is 64.9 Å². The maximum Gasteiger partial charge on any atom is 0.349 e. The number of aliphatic hydroxyl groups is 4. The standard InChI is InChI=1S/C17H20N4O6/c1-7-3-9-10(4-8(7)2)21(5-11(23)14(25)12(24)6-22)15-13(18-9)16(26)20-17(27)19-15/h3-4,11-12,14,22-25H,5-6H2,1-2H3,(H,20,26,27)/t11-,12-,14-/m1/s1. The molecule has 0 saturated carbocycles. The zero-order valence-electron chi connectivity index (χ0n) is 14.7. The molecule has 0 aliphatic carbocycles. The Balaban J connectivity index is 2.28. The van der Waals surface area contributed by atoms with Crippen molar-refractivity contribution in [3.63, 3.8) is 0 Å². The summed E-state index contributed by atoms with van der Waals surface area (Å²) in [6.45, 7) is 2.73. The number of aromatic nitrogens is 4. The van der Waals surface area contributed by atoms with Crippen LogP contribution in [0.15, 0.2) is 21.7 Å². The first-order valence-corrected chi connectivity index (χ1v) is 8.29. The highest BCUT2D eigenvalue weighted by atomic mass is 16.4. The highest BCUT2D eigenvalue weighted by Gasteiger charge is 2.27. The third-order valence-corrected chi connectivity index (χ3v) is 4.57. The number of aryl methyl sites for hydroxylation is 2. The summed E-state index contributed by atoms with van der Waals surface area (Å²) in [4.78, 5) is 34.0. The first-order valence-electron chi connectivity index (χ1n) is 8.29. The van der Waals surface area contributed by atoms with Gasteiger partial charge in [-0.15, -0.1) is 0 Å². The summed E-state index contributed by atoms with van der Waals surface area (Å²) >= 11 is 0. The van der Waals surface area contributed by atoms with Crippen molar-refractivity contribution in [3.05, 3.63) is 44.1 Å². The smallest absolute Gasteiger partial charge is 0.349 e. The van der Waals surface area contributed by atoms with Gasteiger partial charge in [0.25, 0.3) is 5.56 Å². The van der Waals surface area contributed by atoms with Crippen LogP contribution >= 0.6 is 0 Å². The summed E-state index contributed by atoms with van der Waals surface area (Å²) in [5.41, 5.74) is 1.11. The van der Waals surface area contributed by atoms with Crippen LogP contribution < -0.4 is 11.2 Å². The Morgan fingerprint density at radius 1 is 1.07 bits per heavy atom. The molecule has 3 atom stereocenters. The lowest BCUT2D eigenvalue weighted by molar-refractivity contribution is -0.0802. The minimum absolute atomic E-state index is 0.0516. The number of H-pyrrole nitrogens is 1. The van der Waals surface area contributed by atoms with Gasteiger partial charge in [0.15, 0.2) is 11.5 Å². The van der Waals surface area contributed by atoms with Crippen LogP contribution in [-0.2, 0) is 6.54 Å². The van der Waals surface area contributed by atoms with E-state index in [0.717, 1.165) is 11.1 Å². The first-order chi connectivity index (χ1) is 12.7. The average Bonchev–Trinajstić information content (AvgIpc) is 2.62. The molecule has 0 bridgehead atoms. The van der Waals surface area contributed by atoms with Crippen molar-refractivity contribution in [2.75, 3.05) is 6.61 Å². The van der Waals surface area contributed by atoms with E-state index in [2.05, 4.69) is 15.0 Å². The normalized spacial score (nSPS) is 15.2. The van der Waals surface area contributed by atoms with Gasteiger partial charge in [0.05, 0.1) is 24.2 Å². The third kappa shape index (κ3) is 3.47. The van der Waals surface area contributed by atoms with Crippen LogP contribution in [0.3, 0.4) is 0 Å². The Morgan fingerprint density at radius 2 is 1.74 bits per heavy atom. The first kappa shape index (κ1) is 19.1. The number of hydrogen-bond donors (Lipinski definition) is 5. The fourth-order valence-corrected chi connectivity index (χ4v) is 2.89. The summed E-state index contributed by atoms with van der Waals surface area (Å²) in [5.74, 6) is -0.0516. The number of aromatic amines is 1. The Morgan fingerprint density at radius 3 is 2.41 bits per heavy atom. The predicted octanol–water partition coefficient (Wildman–Crippen LogP) is -1.72. The van der Waals surface area contributed by atoms with Crippen LogP contribution in [0.1, 0.15) is 11.1 Å². The second kappa shape index (κ2) is 7.16. The van der Waals surface area contributed by atoms with E-state index in [9.17, 15) is 24.9 Å². The van der Waals surface area contributed by atoms with Crippen LogP contribution in [0.25, 0.3) is 22.6 Å². The molecule has 10 nitrogen and oxygen atoms in total. The quantitative estimate of drug-likeness (QED) is 0.328. The van der Waals surface area contributed by atoms with E-state index in [0.29, 0.717) is 11.0 Å². The van der Waals surface area contributed by atoms with Gasteiger partial charge in [-0.25, -0.2) is 9.78 Å². The fraction of sp³-hybridized carbons (Fsp3) is 0.412. The maximum absolute atomic E-state index is 12.2. The second-order valence-corrected chi connectivity index (χ2v) is 6.50. The number of aliphatic hydroxyl groups excluding tert-OH is 4. The molecule has 5 N–H and O–H groups in total. The van der Waals surface area contributed by atoms with Crippen LogP contribution in [0.2, 0.25) is 0 Å². The molecular formula is C17H20N4O6. The SMILES string of the molecule is Cc1cc2nc3c(=O)[nH]c(=O)nc-3n(C[C@@H](O)[C@@H](O)[C@H](O)CO)c2cc1C. The van der Waals surface area contributed by atoms with Gasteiger partial charge >= 0.3 is 5.69 Å². The van der Waals surface area contributed by atoms with Gasteiger partial charge in [-0.1, -0.05) is 0 Å². The van der Waals surface area contributed by atoms with Gasteiger partial charge in [0.1, 0.15) is 18.3 Å². The Kier molecular flexibility index (Phi) is 5.07. The number of hydrogen-bond acceptors (Lipinski definition) is 8. The Hall–Kier alpha value is -2.66.